The Labute approximate surface area is 108 Å². The standard InChI is InChI=1S/C12H13IO3/c1-2-15-12(14)10-7-11(10)16-9-5-3-8(13)4-6-9/h3-6,10-11H,2,7H2,1H3/t10-,11-/m1/s1. The molecule has 1 fully saturated rings. The zero-order valence-electron chi connectivity index (χ0n) is 8.98. The summed E-state index contributed by atoms with van der Waals surface area (Å²) in [7, 11) is 0. The average molecular weight is 332 g/mol. The molecule has 2 rings (SSSR count). The van der Waals surface area contributed by atoms with E-state index >= 15 is 0 Å². The number of carbonyl (C=O) groups is 1. The van der Waals surface area contributed by atoms with Gasteiger partial charge < -0.3 is 9.47 Å². The second-order valence-corrected chi connectivity index (χ2v) is 4.95. The van der Waals surface area contributed by atoms with Crippen LogP contribution < -0.4 is 4.74 Å². The van der Waals surface area contributed by atoms with Crippen LogP contribution in [0.1, 0.15) is 13.3 Å². The minimum absolute atomic E-state index is 0.000823. The normalized spacial score (nSPS) is 22.6. The molecule has 1 aliphatic carbocycles. The Morgan fingerprint density at radius 1 is 1.44 bits per heavy atom. The summed E-state index contributed by atoms with van der Waals surface area (Å²) in [5.41, 5.74) is 0. The van der Waals surface area contributed by atoms with Gasteiger partial charge in [0.2, 0.25) is 0 Å². The van der Waals surface area contributed by atoms with Crippen molar-refractivity contribution in [3.8, 4) is 5.75 Å². The first-order chi connectivity index (χ1) is 7.70. The summed E-state index contributed by atoms with van der Waals surface area (Å²) >= 11 is 2.24. The summed E-state index contributed by atoms with van der Waals surface area (Å²) < 4.78 is 11.8. The molecule has 0 amide bonds. The third-order valence-electron chi connectivity index (χ3n) is 2.42. The van der Waals surface area contributed by atoms with Crippen LogP contribution >= 0.6 is 22.6 Å². The Bertz CT molecular complexity index is 374. The summed E-state index contributed by atoms with van der Waals surface area (Å²) in [5.74, 6) is 0.606. The molecular weight excluding hydrogens is 319 g/mol. The Morgan fingerprint density at radius 3 is 2.75 bits per heavy atom. The van der Waals surface area contributed by atoms with Crippen molar-refractivity contribution >= 4 is 28.6 Å². The van der Waals surface area contributed by atoms with Gasteiger partial charge in [-0.15, -0.1) is 0 Å². The monoisotopic (exact) mass is 332 g/mol. The van der Waals surface area contributed by atoms with Gasteiger partial charge in [-0.25, -0.2) is 0 Å². The number of ether oxygens (including phenoxy) is 2. The van der Waals surface area contributed by atoms with Crippen LogP contribution in [-0.2, 0) is 9.53 Å². The molecular formula is C12H13IO3. The molecule has 4 heteroatoms. The van der Waals surface area contributed by atoms with Crippen LogP contribution in [0.5, 0.6) is 5.75 Å². The lowest BCUT2D eigenvalue weighted by molar-refractivity contribution is -0.145. The number of esters is 1. The third-order valence-corrected chi connectivity index (χ3v) is 3.14. The maximum Gasteiger partial charge on any atom is 0.312 e. The van der Waals surface area contributed by atoms with Crippen LogP contribution in [0.2, 0.25) is 0 Å². The van der Waals surface area contributed by atoms with Gasteiger partial charge in [-0.1, -0.05) is 0 Å². The van der Waals surface area contributed by atoms with Crippen molar-refractivity contribution in [1.82, 2.24) is 0 Å². The minimum atomic E-state index is -0.141. The van der Waals surface area contributed by atoms with Gasteiger partial charge >= 0.3 is 5.97 Å². The second kappa shape index (κ2) is 5.03. The van der Waals surface area contributed by atoms with Crippen molar-refractivity contribution in [1.29, 1.82) is 0 Å². The SMILES string of the molecule is CCOC(=O)[C@@H]1C[C@H]1Oc1ccc(I)cc1. The molecule has 1 aromatic carbocycles. The van der Waals surface area contributed by atoms with Crippen molar-refractivity contribution in [2.75, 3.05) is 6.61 Å². The summed E-state index contributed by atoms with van der Waals surface area (Å²) in [5, 5.41) is 0. The topological polar surface area (TPSA) is 35.5 Å². The third kappa shape index (κ3) is 2.87. The van der Waals surface area contributed by atoms with Crippen LogP contribution in [0.3, 0.4) is 0 Å². The number of halogens is 1. The first kappa shape index (κ1) is 11.7. The average Bonchev–Trinajstić information content (AvgIpc) is 3.01. The van der Waals surface area contributed by atoms with E-state index in [9.17, 15) is 4.79 Å². The van der Waals surface area contributed by atoms with E-state index in [2.05, 4.69) is 22.6 Å². The Balaban J connectivity index is 1.85. The fraction of sp³-hybridized carbons (Fsp3) is 0.417. The lowest BCUT2D eigenvalue weighted by Gasteiger charge is -2.05. The zero-order chi connectivity index (χ0) is 11.5. The van der Waals surface area contributed by atoms with Gasteiger partial charge in [0.1, 0.15) is 11.9 Å². The highest BCUT2D eigenvalue weighted by Gasteiger charge is 2.46. The molecule has 0 bridgehead atoms. The van der Waals surface area contributed by atoms with Gasteiger partial charge in [0, 0.05) is 9.99 Å². The van der Waals surface area contributed by atoms with Gasteiger partial charge in [0.05, 0.1) is 12.5 Å². The van der Waals surface area contributed by atoms with E-state index in [0.29, 0.717) is 6.61 Å². The molecule has 0 unspecified atom stereocenters. The predicted molar refractivity (Wildman–Crippen MR) is 68.3 cm³/mol. The molecule has 0 aliphatic heterocycles. The molecule has 3 nitrogen and oxygen atoms in total. The van der Waals surface area contributed by atoms with Crippen LogP contribution in [0, 0.1) is 9.49 Å². The van der Waals surface area contributed by atoms with Crippen molar-refractivity contribution < 1.29 is 14.3 Å². The highest BCUT2D eigenvalue weighted by atomic mass is 127. The minimum Gasteiger partial charge on any atom is -0.490 e. The number of benzene rings is 1. The van der Waals surface area contributed by atoms with Gasteiger partial charge in [-0.05, 0) is 53.8 Å². The Hall–Kier alpha value is -0.780. The summed E-state index contributed by atoms with van der Waals surface area (Å²) in [4.78, 5) is 11.4. The molecule has 1 aromatic rings. The molecule has 0 radical (unpaired) electrons. The highest BCUT2D eigenvalue weighted by Crippen LogP contribution is 2.35. The van der Waals surface area contributed by atoms with Crippen LogP contribution in [0.15, 0.2) is 24.3 Å². The van der Waals surface area contributed by atoms with E-state index in [1.165, 1.54) is 3.57 Å². The van der Waals surface area contributed by atoms with Crippen molar-refractivity contribution in [3.63, 3.8) is 0 Å². The van der Waals surface area contributed by atoms with Gasteiger partial charge in [-0.2, -0.15) is 0 Å². The number of hydrogen-bond donors (Lipinski definition) is 0. The van der Waals surface area contributed by atoms with Crippen molar-refractivity contribution in [3.05, 3.63) is 27.8 Å². The fourth-order valence-corrected chi connectivity index (χ4v) is 1.85. The Morgan fingerprint density at radius 2 is 2.12 bits per heavy atom. The van der Waals surface area contributed by atoms with E-state index in [4.69, 9.17) is 9.47 Å². The molecule has 0 N–H and O–H groups in total. The maximum atomic E-state index is 11.4. The van der Waals surface area contributed by atoms with Crippen molar-refractivity contribution in [2.24, 2.45) is 5.92 Å². The first-order valence-electron chi connectivity index (χ1n) is 5.29. The number of hydrogen-bond acceptors (Lipinski definition) is 3. The van der Waals surface area contributed by atoms with E-state index in [1.54, 1.807) is 0 Å². The Kier molecular flexibility index (Phi) is 3.68. The molecule has 1 aliphatic rings. The van der Waals surface area contributed by atoms with Gasteiger partial charge in [0.15, 0.2) is 0 Å². The summed E-state index contributed by atoms with van der Waals surface area (Å²) in [6, 6.07) is 7.81. The lowest BCUT2D eigenvalue weighted by Crippen LogP contribution is -2.12. The molecule has 0 spiro atoms. The first-order valence-corrected chi connectivity index (χ1v) is 6.37. The smallest absolute Gasteiger partial charge is 0.312 e. The van der Waals surface area contributed by atoms with Crippen LogP contribution in [0.25, 0.3) is 0 Å². The number of rotatable bonds is 4. The van der Waals surface area contributed by atoms with E-state index < -0.39 is 0 Å². The molecule has 0 aromatic heterocycles. The molecule has 16 heavy (non-hydrogen) atoms. The second-order valence-electron chi connectivity index (χ2n) is 3.70. The van der Waals surface area contributed by atoms with Crippen molar-refractivity contribution in [2.45, 2.75) is 19.4 Å². The number of carbonyl (C=O) groups excluding carboxylic acids is 1. The zero-order valence-corrected chi connectivity index (χ0v) is 11.1. The highest BCUT2D eigenvalue weighted by molar-refractivity contribution is 14.1. The van der Waals surface area contributed by atoms with E-state index in [1.807, 2.05) is 31.2 Å². The lowest BCUT2D eigenvalue weighted by atomic mass is 10.3. The largest absolute Gasteiger partial charge is 0.490 e. The van der Waals surface area contributed by atoms with Gasteiger partial charge in [0.25, 0.3) is 0 Å². The predicted octanol–water partition coefficient (Wildman–Crippen LogP) is 2.62. The summed E-state index contributed by atoms with van der Waals surface area (Å²) in [6.07, 6.45) is 0.768. The van der Waals surface area contributed by atoms with E-state index in [-0.39, 0.29) is 18.0 Å². The van der Waals surface area contributed by atoms with Crippen LogP contribution in [-0.4, -0.2) is 18.7 Å². The van der Waals surface area contributed by atoms with Crippen LogP contribution in [0.4, 0.5) is 0 Å². The molecule has 2 atom stereocenters. The molecule has 86 valence electrons. The molecule has 0 saturated heterocycles. The molecule has 1 saturated carbocycles. The maximum absolute atomic E-state index is 11.4. The summed E-state index contributed by atoms with van der Waals surface area (Å²) in [6.45, 7) is 2.25. The quantitative estimate of drug-likeness (QED) is 0.628. The van der Waals surface area contributed by atoms with Gasteiger partial charge in [-0.3, -0.25) is 4.79 Å². The fourth-order valence-electron chi connectivity index (χ4n) is 1.49. The van der Waals surface area contributed by atoms with E-state index in [0.717, 1.165) is 12.2 Å². The molecule has 0 heterocycles.